The van der Waals surface area contributed by atoms with E-state index >= 15 is 0 Å². The summed E-state index contributed by atoms with van der Waals surface area (Å²) in [5.41, 5.74) is 4.04. The lowest BCUT2D eigenvalue weighted by molar-refractivity contribution is -0.118. The Kier molecular flexibility index (Phi) is 6.83. The minimum atomic E-state index is -0.285. The summed E-state index contributed by atoms with van der Waals surface area (Å²) in [7, 11) is 3.29. The maximum Gasteiger partial charge on any atom is 0.281 e. The minimum absolute atomic E-state index is 0.182. The van der Waals surface area contributed by atoms with Gasteiger partial charge in [-0.05, 0) is 61.5 Å². The number of carbonyl (C=O) groups is 2. The Morgan fingerprint density at radius 3 is 2.66 bits per heavy atom. The van der Waals surface area contributed by atoms with Gasteiger partial charge in [0.25, 0.3) is 11.8 Å². The molecule has 2 aromatic carbocycles. The average molecular weight is 492 g/mol. The molecule has 0 spiro atoms. The van der Waals surface area contributed by atoms with Gasteiger partial charge in [-0.2, -0.15) is 5.10 Å². The summed E-state index contributed by atoms with van der Waals surface area (Å²) in [5.74, 6) is 0.269. The number of thiocarbonyl (C=S) groups is 1. The first kappa shape index (κ1) is 24.0. The Hall–Kier alpha value is -4.18. The van der Waals surface area contributed by atoms with Crippen molar-refractivity contribution in [3.05, 3.63) is 71.2 Å². The molecule has 0 saturated carbocycles. The van der Waals surface area contributed by atoms with Crippen LogP contribution >= 0.6 is 12.2 Å². The number of aryl methyl sites for hydroxylation is 3. The highest BCUT2D eigenvalue weighted by molar-refractivity contribution is 7.80. The van der Waals surface area contributed by atoms with Crippen molar-refractivity contribution in [2.75, 3.05) is 23.9 Å². The number of hydrogen-bond donors (Lipinski definition) is 2. The van der Waals surface area contributed by atoms with Gasteiger partial charge in [0.05, 0.1) is 18.5 Å². The van der Waals surface area contributed by atoms with E-state index in [4.69, 9.17) is 21.7 Å². The van der Waals surface area contributed by atoms with Gasteiger partial charge >= 0.3 is 0 Å². The van der Waals surface area contributed by atoms with Gasteiger partial charge in [-0.3, -0.25) is 14.3 Å². The summed E-state index contributed by atoms with van der Waals surface area (Å²) in [6, 6.07) is 12.7. The van der Waals surface area contributed by atoms with Crippen LogP contribution in [0, 0.1) is 13.8 Å². The summed E-state index contributed by atoms with van der Waals surface area (Å²) in [5, 5.41) is 10.4. The van der Waals surface area contributed by atoms with E-state index in [1.54, 1.807) is 42.2 Å². The van der Waals surface area contributed by atoms with Crippen molar-refractivity contribution in [1.82, 2.24) is 15.1 Å². The summed E-state index contributed by atoms with van der Waals surface area (Å²) in [4.78, 5) is 26.8. The molecule has 1 aliphatic rings. The summed E-state index contributed by atoms with van der Waals surface area (Å²) >= 11 is 5.38. The first-order valence-electron chi connectivity index (χ1n) is 10.8. The number of rotatable bonds is 7. The topological polar surface area (TPSA) is 97.7 Å². The molecule has 2 heterocycles. The molecule has 1 saturated heterocycles. The van der Waals surface area contributed by atoms with Crippen molar-refractivity contribution < 1.29 is 19.1 Å². The molecule has 9 nitrogen and oxygen atoms in total. The molecule has 1 fully saturated rings. The lowest BCUT2D eigenvalue weighted by Crippen LogP contribution is -2.30. The van der Waals surface area contributed by atoms with Crippen LogP contribution in [0.2, 0.25) is 0 Å². The van der Waals surface area contributed by atoms with Gasteiger partial charge in [-0.1, -0.05) is 24.3 Å². The van der Waals surface area contributed by atoms with Crippen LogP contribution in [0.3, 0.4) is 0 Å². The number of aromatic nitrogens is 2. The normalized spacial score (nSPS) is 14.3. The van der Waals surface area contributed by atoms with Gasteiger partial charge < -0.3 is 20.1 Å². The number of carbonyl (C=O) groups excluding carboxylic acids is 2. The average Bonchev–Trinajstić information content (AvgIpc) is 3.30. The van der Waals surface area contributed by atoms with Crippen LogP contribution < -0.4 is 25.0 Å². The highest BCUT2D eigenvalue weighted by Crippen LogP contribution is 2.30. The molecule has 35 heavy (non-hydrogen) atoms. The van der Waals surface area contributed by atoms with E-state index in [-0.39, 0.29) is 23.5 Å². The van der Waals surface area contributed by atoms with Crippen molar-refractivity contribution in [1.29, 1.82) is 0 Å². The Morgan fingerprint density at radius 1 is 1.20 bits per heavy atom. The number of anilines is 2. The summed E-state index contributed by atoms with van der Waals surface area (Å²) in [6.07, 6.45) is 3.42. The molecule has 4 rings (SSSR count). The third-order valence-corrected chi connectivity index (χ3v) is 5.67. The van der Waals surface area contributed by atoms with Crippen molar-refractivity contribution in [3.63, 3.8) is 0 Å². The number of hydrogen-bond acceptors (Lipinski definition) is 6. The highest BCUT2D eigenvalue weighted by atomic mass is 32.1. The van der Waals surface area contributed by atoms with Crippen LogP contribution in [0.15, 0.2) is 54.4 Å². The molecule has 0 bridgehead atoms. The fourth-order valence-electron chi connectivity index (χ4n) is 3.66. The molecule has 2 amide bonds. The Labute approximate surface area is 208 Å². The van der Waals surface area contributed by atoms with E-state index in [0.29, 0.717) is 34.1 Å². The van der Waals surface area contributed by atoms with Gasteiger partial charge in [-0.15, -0.1) is 0 Å². The van der Waals surface area contributed by atoms with Crippen molar-refractivity contribution in [3.8, 4) is 11.5 Å². The maximum absolute atomic E-state index is 13.0. The number of benzene rings is 2. The molecule has 0 atom stereocenters. The van der Waals surface area contributed by atoms with Crippen LogP contribution in [0.1, 0.15) is 16.8 Å². The molecular weight excluding hydrogens is 466 g/mol. The predicted molar refractivity (Wildman–Crippen MR) is 137 cm³/mol. The van der Waals surface area contributed by atoms with Gasteiger partial charge in [0.2, 0.25) is 0 Å². The van der Waals surface area contributed by atoms with E-state index in [2.05, 4.69) is 15.7 Å². The predicted octanol–water partition coefficient (Wildman–Crippen LogP) is 3.33. The van der Waals surface area contributed by atoms with Crippen LogP contribution in [-0.4, -0.2) is 40.4 Å². The monoisotopic (exact) mass is 491 g/mol. The maximum atomic E-state index is 13.0. The minimum Gasteiger partial charge on any atom is -0.493 e. The van der Waals surface area contributed by atoms with E-state index in [0.717, 1.165) is 11.3 Å². The second-order valence-corrected chi connectivity index (χ2v) is 8.35. The Morgan fingerprint density at radius 2 is 1.97 bits per heavy atom. The number of ether oxygens (including phenoxy) is 2. The van der Waals surface area contributed by atoms with Gasteiger partial charge in [-0.25, -0.2) is 4.90 Å². The smallest absolute Gasteiger partial charge is 0.281 e. The van der Waals surface area contributed by atoms with Crippen molar-refractivity contribution >= 4 is 46.6 Å². The zero-order valence-electron chi connectivity index (χ0n) is 19.8. The summed E-state index contributed by atoms with van der Waals surface area (Å²) in [6.45, 7) is 3.55. The van der Waals surface area contributed by atoms with Crippen LogP contribution in [0.4, 0.5) is 11.4 Å². The van der Waals surface area contributed by atoms with E-state index < -0.39 is 0 Å². The van der Waals surface area contributed by atoms with Crippen molar-refractivity contribution in [2.45, 2.75) is 13.8 Å². The fraction of sp³-hybridized carbons (Fsp3) is 0.200. The molecule has 0 aliphatic carbocycles. The van der Waals surface area contributed by atoms with Crippen LogP contribution in [-0.2, 0) is 16.6 Å². The molecule has 2 N–H and O–H groups in total. The molecule has 3 aromatic rings. The van der Waals surface area contributed by atoms with Gasteiger partial charge in [0, 0.05) is 18.9 Å². The molecule has 1 aliphatic heterocycles. The van der Waals surface area contributed by atoms with Gasteiger partial charge in [0.15, 0.2) is 23.2 Å². The number of para-hydroxylation sites is 1. The van der Waals surface area contributed by atoms with Crippen LogP contribution in [0.25, 0.3) is 6.08 Å². The van der Waals surface area contributed by atoms with E-state index in [1.807, 2.05) is 38.1 Å². The lowest BCUT2D eigenvalue weighted by atomic mass is 10.1. The Bertz CT molecular complexity index is 1350. The lowest BCUT2D eigenvalue weighted by Gasteiger charge is -2.12. The molecule has 1 aromatic heterocycles. The van der Waals surface area contributed by atoms with Crippen LogP contribution in [0.5, 0.6) is 11.5 Å². The molecule has 10 heteroatoms. The number of nitrogens with zero attached hydrogens (tertiary/aromatic N) is 3. The van der Waals surface area contributed by atoms with Crippen molar-refractivity contribution in [2.24, 2.45) is 7.05 Å². The first-order chi connectivity index (χ1) is 16.8. The number of amides is 2. The largest absolute Gasteiger partial charge is 0.493 e. The third kappa shape index (κ3) is 5.17. The molecule has 0 radical (unpaired) electrons. The molecule has 0 unspecified atom stereocenters. The SMILES string of the molecule is COc1cc(/C=C2/NC(=S)N(c3cn(C)nc3C)C2=O)ccc1OCC(=O)Nc1ccccc1C. The third-order valence-electron chi connectivity index (χ3n) is 5.38. The van der Waals surface area contributed by atoms with E-state index in [9.17, 15) is 9.59 Å². The zero-order chi connectivity index (χ0) is 25.1. The number of nitrogens with one attached hydrogen (secondary N) is 2. The number of methoxy groups -OCH3 is 1. The molecular formula is C25H25N5O4S. The molecule has 180 valence electrons. The fourth-order valence-corrected chi connectivity index (χ4v) is 3.95. The zero-order valence-corrected chi connectivity index (χ0v) is 20.6. The highest BCUT2D eigenvalue weighted by Gasteiger charge is 2.34. The Balaban J connectivity index is 1.47. The summed E-state index contributed by atoms with van der Waals surface area (Å²) < 4.78 is 12.7. The second-order valence-electron chi connectivity index (χ2n) is 7.96. The standard InChI is InChI=1S/C25H25N5O4S/c1-15-7-5-6-8-18(15)26-23(31)14-34-21-10-9-17(12-22(21)33-4)11-19-24(32)30(25(35)27-19)20-13-29(3)28-16(20)2/h5-13H,14H2,1-4H3,(H,26,31)(H,27,35)/b19-11+. The van der Waals surface area contributed by atoms with E-state index in [1.165, 1.54) is 12.0 Å². The first-order valence-corrected chi connectivity index (χ1v) is 11.2. The van der Waals surface area contributed by atoms with Gasteiger partial charge in [0.1, 0.15) is 5.70 Å². The quantitative estimate of drug-likeness (QED) is 0.387. The second kappa shape index (κ2) is 9.98.